The summed E-state index contributed by atoms with van der Waals surface area (Å²) >= 11 is 1.36. The average Bonchev–Trinajstić information content (AvgIpc) is 3.05. The second-order valence-corrected chi connectivity index (χ2v) is 6.31. The predicted octanol–water partition coefficient (Wildman–Crippen LogP) is 4.20. The van der Waals surface area contributed by atoms with Crippen molar-refractivity contribution in [2.24, 2.45) is 0 Å². The first kappa shape index (κ1) is 15.7. The van der Waals surface area contributed by atoms with E-state index in [4.69, 9.17) is 0 Å². The van der Waals surface area contributed by atoms with Gasteiger partial charge in [-0.15, -0.1) is 10.2 Å². The Labute approximate surface area is 148 Å². The molecule has 2 aromatic carbocycles. The van der Waals surface area contributed by atoms with Crippen molar-refractivity contribution >= 4 is 22.7 Å². The van der Waals surface area contributed by atoms with E-state index in [9.17, 15) is 4.39 Å². The van der Waals surface area contributed by atoms with Gasteiger partial charge in [-0.1, -0.05) is 30.3 Å². The summed E-state index contributed by atoms with van der Waals surface area (Å²) in [7, 11) is 0. The highest BCUT2D eigenvalue weighted by molar-refractivity contribution is 7.99. The highest BCUT2D eigenvalue weighted by atomic mass is 32.2. The van der Waals surface area contributed by atoms with Gasteiger partial charge in [0.15, 0.2) is 11.0 Å². The fourth-order valence-corrected chi connectivity index (χ4v) is 3.58. The number of hydrogen-bond donors (Lipinski definition) is 0. The van der Waals surface area contributed by atoms with E-state index >= 15 is 0 Å². The van der Waals surface area contributed by atoms with Crippen LogP contribution in [0.5, 0.6) is 0 Å². The van der Waals surface area contributed by atoms with Crippen LogP contribution in [0.25, 0.3) is 22.3 Å². The molecule has 0 radical (unpaired) electrons. The van der Waals surface area contributed by atoms with Gasteiger partial charge in [-0.05, 0) is 36.9 Å². The Hall–Kier alpha value is -2.80. The molecule has 0 aliphatic rings. The van der Waals surface area contributed by atoms with Gasteiger partial charge in [-0.3, -0.25) is 0 Å². The average molecular weight is 351 g/mol. The van der Waals surface area contributed by atoms with E-state index < -0.39 is 0 Å². The molecule has 4 rings (SSSR count). The van der Waals surface area contributed by atoms with Crippen LogP contribution < -0.4 is 0 Å². The lowest BCUT2D eigenvalue weighted by molar-refractivity contribution is 0.629. The van der Waals surface area contributed by atoms with Gasteiger partial charge in [0.25, 0.3) is 0 Å². The summed E-state index contributed by atoms with van der Waals surface area (Å²) in [5.41, 5.74) is 1.70. The Balaban J connectivity index is 1.77. The standard InChI is InChI=1S/C18H14FN5S/c1-2-24-16(12-6-4-3-5-7-12)22-23-18(24)25-17-14-10-13(19)8-9-15(14)20-11-21-17/h3-11H,2H2,1H3. The van der Waals surface area contributed by atoms with Crippen LogP contribution in [0, 0.1) is 5.82 Å². The SMILES string of the molecule is CCn1c(Sc2ncnc3ccc(F)cc23)nnc1-c1ccccc1. The molecule has 0 spiro atoms. The van der Waals surface area contributed by atoms with Crippen LogP contribution >= 0.6 is 11.8 Å². The fourth-order valence-electron chi connectivity index (χ4n) is 2.62. The van der Waals surface area contributed by atoms with Gasteiger partial charge in [0.1, 0.15) is 17.2 Å². The predicted molar refractivity (Wildman–Crippen MR) is 94.8 cm³/mol. The van der Waals surface area contributed by atoms with Gasteiger partial charge in [0, 0.05) is 17.5 Å². The van der Waals surface area contributed by atoms with Crippen molar-refractivity contribution in [2.75, 3.05) is 0 Å². The molecule has 0 bridgehead atoms. The molecule has 0 saturated carbocycles. The van der Waals surface area contributed by atoms with Crippen molar-refractivity contribution in [3.8, 4) is 11.4 Å². The van der Waals surface area contributed by atoms with E-state index in [1.807, 2.05) is 41.8 Å². The molecule has 5 nitrogen and oxygen atoms in total. The number of nitrogens with zero attached hydrogens (tertiary/aromatic N) is 5. The molecule has 124 valence electrons. The smallest absolute Gasteiger partial charge is 0.197 e. The van der Waals surface area contributed by atoms with Gasteiger partial charge in [-0.25, -0.2) is 14.4 Å². The minimum absolute atomic E-state index is 0.314. The van der Waals surface area contributed by atoms with Gasteiger partial charge >= 0.3 is 0 Å². The number of benzene rings is 2. The van der Waals surface area contributed by atoms with Crippen LogP contribution in [0.3, 0.4) is 0 Å². The zero-order chi connectivity index (χ0) is 17.2. The van der Waals surface area contributed by atoms with Crippen molar-refractivity contribution in [3.63, 3.8) is 0 Å². The summed E-state index contributed by atoms with van der Waals surface area (Å²) < 4.78 is 15.6. The molecule has 0 unspecified atom stereocenters. The van der Waals surface area contributed by atoms with Crippen molar-refractivity contribution in [3.05, 3.63) is 60.7 Å². The van der Waals surface area contributed by atoms with Crippen molar-refractivity contribution in [1.29, 1.82) is 0 Å². The molecule has 0 fully saturated rings. The molecule has 2 heterocycles. The van der Waals surface area contributed by atoms with Crippen LogP contribution in [0.4, 0.5) is 4.39 Å². The summed E-state index contributed by atoms with van der Waals surface area (Å²) in [6.07, 6.45) is 1.48. The Morgan fingerprint density at radius 1 is 1.04 bits per heavy atom. The van der Waals surface area contributed by atoms with Crippen LogP contribution in [0.15, 0.2) is 65.0 Å². The Morgan fingerprint density at radius 3 is 2.68 bits per heavy atom. The monoisotopic (exact) mass is 351 g/mol. The summed E-state index contributed by atoms with van der Waals surface area (Å²) in [5.74, 6) is 0.487. The van der Waals surface area contributed by atoms with E-state index in [0.717, 1.165) is 17.9 Å². The van der Waals surface area contributed by atoms with Gasteiger partial charge in [-0.2, -0.15) is 0 Å². The zero-order valence-electron chi connectivity index (χ0n) is 13.4. The van der Waals surface area contributed by atoms with Crippen molar-refractivity contribution in [1.82, 2.24) is 24.7 Å². The molecule has 0 N–H and O–H groups in total. The summed E-state index contributed by atoms with van der Waals surface area (Å²) in [4.78, 5) is 8.49. The van der Waals surface area contributed by atoms with Gasteiger partial charge in [0.2, 0.25) is 0 Å². The molecule has 0 aliphatic carbocycles. The van der Waals surface area contributed by atoms with Gasteiger partial charge < -0.3 is 4.57 Å². The van der Waals surface area contributed by atoms with Crippen LogP contribution in [0.1, 0.15) is 6.92 Å². The molecule has 0 amide bonds. The fraction of sp³-hybridized carbons (Fsp3) is 0.111. The number of rotatable bonds is 4. The van der Waals surface area contributed by atoms with Gasteiger partial charge in [0.05, 0.1) is 5.52 Å². The maximum atomic E-state index is 13.6. The lowest BCUT2D eigenvalue weighted by Gasteiger charge is -2.08. The molecule has 25 heavy (non-hydrogen) atoms. The highest BCUT2D eigenvalue weighted by Gasteiger charge is 2.16. The Kier molecular flexibility index (Phi) is 4.15. The van der Waals surface area contributed by atoms with E-state index in [-0.39, 0.29) is 5.82 Å². The Morgan fingerprint density at radius 2 is 1.88 bits per heavy atom. The topological polar surface area (TPSA) is 56.5 Å². The minimum Gasteiger partial charge on any atom is -0.302 e. The van der Waals surface area contributed by atoms with E-state index in [2.05, 4.69) is 20.2 Å². The largest absolute Gasteiger partial charge is 0.302 e. The first-order chi connectivity index (χ1) is 12.3. The van der Waals surface area contributed by atoms with E-state index in [1.54, 1.807) is 6.07 Å². The maximum absolute atomic E-state index is 13.6. The molecule has 7 heteroatoms. The molecule has 0 atom stereocenters. The highest BCUT2D eigenvalue weighted by Crippen LogP contribution is 2.32. The third-order valence-corrected chi connectivity index (χ3v) is 4.82. The summed E-state index contributed by atoms with van der Waals surface area (Å²) in [5, 5.41) is 10.7. The minimum atomic E-state index is -0.314. The lowest BCUT2D eigenvalue weighted by atomic mass is 10.2. The molecular formula is C18H14FN5S. The Bertz CT molecular complexity index is 1030. The van der Waals surface area contributed by atoms with E-state index in [0.29, 0.717) is 21.1 Å². The van der Waals surface area contributed by atoms with Crippen LogP contribution in [0.2, 0.25) is 0 Å². The zero-order valence-corrected chi connectivity index (χ0v) is 14.2. The molecule has 2 aromatic heterocycles. The molecule has 0 aliphatic heterocycles. The number of aromatic nitrogens is 5. The molecule has 0 saturated heterocycles. The second-order valence-electron chi connectivity index (χ2n) is 5.36. The second kappa shape index (κ2) is 6.60. The quantitative estimate of drug-likeness (QED) is 0.516. The molecule has 4 aromatic rings. The first-order valence-corrected chi connectivity index (χ1v) is 8.64. The van der Waals surface area contributed by atoms with Crippen LogP contribution in [-0.4, -0.2) is 24.7 Å². The third kappa shape index (κ3) is 2.98. The lowest BCUT2D eigenvalue weighted by Crippen LogP contribution is -2.00. The summed E-state index contributed by atoms with van der Waals surface area (Å²) in [6.45, 7) is 2.76. The number of fused-ring (bicyclic) bond motifs is 1. The summed E-state index contributed by atoms with van der Waals surface area (Å²) in [6, 6.07) is 14.4. The third-order valence-electron chi connectivity index (χ3n) is 3.81. The maximum Gasteiger partial charge on any atom is 0.197 e. The van der Waals surface area contributed by atoms with Crippen molar-refractivity contribution in [2.45, 2.75) is 23.7 Å². The number of halogens is 1. The first-order valence-electron chi connectivity index (χ1n) is 7.83. The van der Waals surface area contributed by atoms with E-state index in [1.165, 1.54) is 30.2 Å². The normalized spacial score (nSPS) is 11.1. The molecular weight excluding hydrogens is 337 g/mol. The van der Waals surface area contributed by atoms with Crippen molar-refractivity contribution < 1.29 is 4.39 Å². The number of hydrogen-bond acceptors (Lipinski definition) is 5. The van der Waals surface area contributed by atoms with Crippen LogP contribution in [-0.2, 0) is 6.54 Å².